The van der Waals surface area contributed by atoms with Crippen molar-refractivity contribution in [2.45, 2.75) is 32.5 Å². The summed E-state index contributed by atoms with van der Waals surface area (Å²) in [7, 11) is 0. The van der Waals surface area contributed by atoms with Crippen LogP contribution in [0.25, 0.3) is 0 Å². The zero-order valence-electron chi connectivity index (χ0n) is 13.6. The largest absolute Gasteiger partial charge is 0.417 e. The maximum absolute atomic E-state index is 12.9. The minimum Gasteiger partial charge on any atom is -0.354 e. The lowest BCUT2D eigenvalue weighted by Crippen LogP contribution is -2.31. The number of nitrogens with zero attached hydrogens (tertiary/aromatic N) is 1. The molecule has 1 heterocycles. The zero-order chi connectivity index (χ0) is 18.6. The Bertz CT molecular complexity index is 765. The van der Waals surface area contributed by atoms with Crippen molar-refractivity contribution in [3.05, 3.63) is 52.8 Å². The molecule has 2 rings (SSSR count). The molecule has 2 N–H and O–H groups in total. The van der Waals surface area contributed by atoms with Crippen LogP contribution >= 0.6 is 11.6 Å². The highest BCUT2D eigenvalue weighted by Gasteiger charge is 2.33. The van der Waals surface area contributed by atoms with Crippen molar-refractivity contribution in [3.8, 4) is 0 Å². The average molecular weight is 372 g/mol. The highest BCUT2D eigenvalue weighted by atomic mass is 35.5. The highest BCUT2D eigenvalue weighted by Crippen LogP contribution is 2.36. The Labute approximate surface area is 148 Å². The number of anilines is 2. The van der Waals surface area contributed by atoms with Crippen molar-refractivity contribution in [2.24, 2.45) is 0 Å². The van der Waals surface area contributed by atoms with E-state index in [2.05, 4.69) is 15.6 Å². The van der Waals surface area contributed by atoms with Crippen molar-refractivity contribution in [2.75, 3.05) is 5.32 Å². The van der Waals surface area contributed by atoms with Crippen LogP contribution in [-0.2, 0) is 6.18 Å². The van der Waals surface area contributed by atoms with Gasteiger partial charge in [0.25, 0.3) is 5.91 Å². The topological polar surface area (TPSA) is 54.0 Å². The third-order valence-electron chi connectivity index (χ3n) is 3.55. The van der Waals surface area contributed by atoms with Crippen LogP contribution in [0, 0.1) is 0 Å². The molecule has 2 aromatic rings. The van der Waals surface area contributed by atoms with Crippen molar-refractivity contribution >= 4 is 28.9 Å². The standard InChI is InChI=1S/C17H17ClF3N3O/c1-3-10(2)23-16(25)11-6-13(9-22-8-11)24-12-4-5-15(18)14(7-12)17(19,20)21/h4-10,24H,3H2,1-2H3,(H,23,25). The van der Waals surface area contributed by atoms with E-state index >= 15 is 0 Å². The molecule has 4 nitrogen and oxygen atoms in total. The molecule has 0 aliphatic rings. The zero-order valence-corrected chi connectivity index (χ0v) is 14.4. The summed E-state index contributed by atoms with van der Waals surface area (Å²) in [4.78, 5) is 16.1. The Morgan fingerprint density at radius 2 is 1.96 bits per heavy atom. The molecule has 0 saturated carbocycles. The number of aromatic nitrogens is 1. The molecule has 1 amide bonds. The molecule has 1 aromatic carbocycles. The van der Waals surface area contributed by atoms with Crippen LogP contribution in [0.1, 0.15) is 36.2 Å². The maximum Gasteiger partial charge on any atom is 0.417 e. The van der Waals surface area contributed by atoms with Crippen molar-refractivity contribution in [1.82, 2.24) is 10.3 Å². The molecule has 8 heteroatoms. The van der Waals surface area contributed by atoms with E-state index in [1.54, 1.807) is 0 Å². The third-order valence-corrected chi connectivity index (χ3v) is 3.88. The number of rotatable bonds is 5. The molecular weight excluding hydrogens is 355 g/mol. The van der Waals surface area contributed by atoms with Crippen LogP contribution in [0.2, 0.25) is 5.02 Å². The summed E-state index contributed by atoms with van der Waals surface area (Å²) in [5.74, 6) is -0.294. The smallest absolute Gasteiger partial charge is 0.354 e. The normalized spacial score (nSPS) is 12.6. The fourth-order valence-corrected chi connectivity index (χ4v) is 2.25. The van der Waals surface area contributed by atoms with Gasteiger partial charge < -0.3 is 10.6 Å². The number of carbonyl (C=O) groups excluding carboxylic acids is 1. The van der Waals surface area contributed by atoms with Crippen molar-refractivity contribution in [3.63, 3.8) is 0 Å². The number of alkyl halides is 3. The first-order chi connectivity index (χ1) is 11.7. The van der Waals surface area contributed by atoms with E-state index in [1.807, 2.05) is 13.8 Å². The molecule has 0 aliphatic carbocycles. The first kappa shape index (κ1) is 19.1. The van der Waals surface area contributed by atoms with Gasteiger partial charge in [-0.25, -0.2) is 0 Å². The fraction of sp³-hybridized carbons (Fsp3) is 0.294. The van der Waals surface area contributed by atoms with Gasteiger partial charge in [0.1, 0.15) is 0 Å². The first-order valence-corrected chi connectivity index (χ1v) is 7.98. The van der Waals surface area contributed by atoms with E-state index in [9.17, 15) is 18.0 Å². The molecule has 25 heavy (non-hydrogen) atoms. The van der Waals surface area contributed by atoms with Crippen LogP contribution < -0.4 is 10.6 Å². The van der Waals surface area contributed by atoms with E-state index in [-0.39, 0.29) is 22.7 Å². The van der Waals surface area contributed by atoms with Gasteiger partial charge in [0.05, 0.1) is 28.0 Å². The summed E-state index contributed by atoms with van der Waals surface area (Å²) in [6, 6.07) is 5.03. The van der Waals surface area contributed by atoms with Gasteiger partial charge in [-0.15, -0.1) is 0 Å². The van der Waals surface area contributed by atoms with Crippen LogP contribution in [0.5, 0.6) is 0 Å². The Hall–Kier alpha value is -2.28. The quantitative estimate of drug-likeness (QED) is 0.775. The summed E-state index contributed by atoms with van der Waals surface area (Å²) in [6.45, 7) is 3.82. The number of hydrogen-bond acceptors (Lipinski definition) is 3. The van der Waals surface area contributed by atoms with Gasteiger partial charge in [-0.2, -0.15) is 13.2 Å². The van der Waals surface area contributed by atoms with Crippen LogP contribution in [0.15, 0.2) is 36.7 Å². The van der Waals surface area contributed by atoms with Gasteiger partial charge >= 0.3 is 6.18 Å². The molecule has 0 spiro atoms. The number of halogens is 4. The molecule has 0 radical (unpaired) electrons. The van der Waals surface area contributed by atoms with E-state index < -0.39 is 11.7 Å². The third kappa shape index (κ3) is 5.09. The molecule has 0 fully saturated rings. The molecular formula is C17H17ClF3N3O. The van der Waals surface area contributed by atoms with Gasteiger partial charge in [0.15, 0.2) is 0 Å². The Balaban J connectivity index is 2.21. The minimum atomic E-state index is -4.55. The monoisotopic (exact) mass is 371 g/mol. The van der Waals surface area contributed by atoms with Crippen molar-refractivity contribution in [1.29, 1.82) is 0 Å². The van der Waals surface area contributed by atoms with Crippen LogP contribution in [0.3, 0.4) is 0 Å². The summed E-state index contributed by atoms with van der Waals surface area (Å²) in [6.07, 6.45) is -0.957. The molecule has 134 valence electrons. The number of hydrogen-bond donors (Lipinski definition) is 2. The molecule has 0 saturated heterocycles. The number of carbonyl (C=O) groups is 1. The van der Waals surface area contributed by atoms with E-state index in [0.29, 0.717) is 11.3 Å². The van der Waals surface area contributed by atoms with Gasteiger partial charge in [0.2, 0.25) is 0 Å². The second-order valence-corrected chi connectivity index (χ2v) is 5.97. The fourth-order valence-electron chi connectivity index (χ4n) is 2.03. The predicted molar refractivity (Wildman–Crippen MR) is 91.2 cm³/mol. The van der Waals surface area contributed by atoms with Crippen molar-refractivity contribution < 1.29 is 18.0 Å². The summed E-state index contributed by atoms with van der Waals surface area (Å²) in [5, 5.41) is 5.23. The van der Waals surface area contributed by atoms with E-state index in [1.165, 1.54) is 30.6 Å². The Morgan fingerprint density at radius 1 is 1.24 bits per heavy atom. The maximum atomic E-state index is 12.9. The predicted octanol–water partition coefficient (Wildman–Crippen LogP) is 5.03. The van der Waals surface area contributed by atoms with E-state index in [0.717, 1.165) is 12.5 Å². The first-order valence-electron chi connectivity index (χ1n) is 7.60. The van der Waals surface area contributed by atoms with Gasteiger partial charge in [-0.3, -0.25) is 9.78 Å². The van der Waals surface area contributed by atoms with Crippen LogP contribution in [0.4, 0.5) is 24.5 Å². The number of benzene rings is 1. The number of nitrogens with one attached hydrogen (secondary N) is 2. The number of pyridine rings is 1. The average Bonchev–Trinajstić information content (AvgIpc) is 2.55. The Kier molecular flexibility index (Phi) is 5.89. The SMILES string of the molecule is CCC(C)NC(=O)c1cncc(Nc2ccc(Cl)c(C(F)(F)F)c2)c1. The molecule has 0 aliphatic heterocycles. The number of amides is 1. The second-order valence-electron chi connectivity index (χ2n) is 5.56. The highest BCUT2D eigenvalue weighted by molar-refractivity contribution is 6.31. The van der Waals surface area contributed by atoms with Gasteiger partial charge in [0, 0.05) is 17.9 Å². The molecule has 1 unspecified atom stereocenters. The summed E-state index contributed by atoms with van der Waals surface area (Å²) < 4.78 is 38.7. The summed E-state index contributed by atoms with van der Waals surface area (Å²) >= 11 is 5.60. The van der Waals surface area contributed by atoms with Gasteiger partial charge in [-0.05, 0) is 37.6 Å². The molecule has 0 bridgehead atoms. The lowest BCUT2D eigenvalue weighted by molar-refractivity contribution is -0.137. The van der Waals surface area contributed by atoms with E-state index in [4.69, 9.17) is 11.6 Å². The molecule has 1 aromatic heterocycles. The van der Waals surface area contributed by atoms with Gasteiger partial charge in [-0.1, -0.05) is 18.5 Å². The molecule has 1 atom stereocenters. The summed E-state index contributed by atoms with van der Waals surface area (Å²) in [5.41, 5.74) is -0.0293. The Morgan fingerprint density at radius 3 is 2.60 bits per heavy atom. The van der Waals surface area contributed by atoms with Crippen LogP contribution in [-0.4, -0.2) is 16.9 Å². The lowest BCUT2D eigenvalue weighted by atomic mass is 10.1. The lowest BCUT2D eigenvalue weighted by Gasteiger charge is -2.14. The second kappa shape index (κ2) is 7.74. The minimum absolute atomic E-state index is 0.00900.